The summed E-state index contributed by atoms with van der Waals surface area (Å²) in [5, 5.41) is 32.5. The van der Waals surface area contributed by atoms with Gasteiger partial charge in [0.1, 0.15) is 0 Å². The second-order valence-electron chi connectivity index (χ2n) is 1.97. The molecule has 1 rings (SSSR count). The van der Waals surface area contributed by atoms with Crippen LogP contribution in [0.15, 0.2) is 0 Å². The summed E-state index contributed by atoms with van der Waals surface area (Å²) in [6, 6.07) is 0. The quantitative estimate of drug-likeness (QED) is 0.403. The highest BCUT2D eigenvalue weighted by molar-refractivity contribution is 5.18. The van der Waals surface area contributed by atoms with E-state index in [1.54, 1.807) is 0 Å². The smallest absolute Gasteiger partial charge is 0.240 e. The molecular formula is C4H9N5O2. The van der Waals surface area contributed by atoms with Gasteiger partial charge in [-0.15, -0.1) is 0 Å². The van der Waals surface area contributed by atoms with Crippen molar-refractivity contribution in [2.45, 2.75) is 6.10 Å². The molecule has 1 heterocycles. The van der Waals surface area contributed by atoms with Gasteiger partial charge in [-0.05, 0) is 10.4 Å². The van der Waals surface area contributed by atoms with Crippen molar-refractivity contribution in [3.63, 3.8) is 0 Å². The summed E-state index contributed by atoms with van der Waals surface area (Å²) in [6.07, 6.45) is -0.792. The van der Waals surface area contributed by atoms with Crippen LogP contribution in [0.25, 0.3) is 0 Å². The maximum atomic E-state index is 8.86. The lowest BCUT2D eigenvalue weighted by atomic mass is 10.4. The highest BCUT2D eigenvalue weighted by Gasteiger charge is 2.01. The molecule has 0 amide bonds. The van der Waals surface area contributed by atoms with Gasteiger partial charge in [0.25, 0.3) is 0 Å². The Kier molecular flexibility index (Phi) is 2.75. The van der Waals surface area contributed by atoms with Crippen molar-refractivity contribution in [3.05, 3.63) is 0 Å². The Morgan fingerprint density at radius 3 is 3.00 bits per heavy atom. The van der Waals surface area contributed by atoms with Crippen LogP contribution < -0.4 is 5.32 Å². The molecule has 7 nitrogen and oxygen atoms in total. The number of nitrogens with zero attached hydrogens (tertiary/aromatic N) is 3. The van der Waals surface area contributed by atoms with Crippen LogP contribution in [-0.4, -0.2) is 50.1 Å². The molecule has 62 valence electrons. The summed E-state index contributed by atoms with van der Waals surface area (Å²) in [6.45, 7) is -0.0675. The lowest BCUT2D eigenvalue weighted by Gasteiger charge is -2.05. The molecule has 1 unspecified atom stereocenters. The molecule has 0 aliphatic carbocycles. The standard InChI is InChI=1S/C4H9N5O2/c10-2-3(11)1-5-4-6-8-9-7-4/h3,10-11H,1-2H2,(H2,5,6,7,8,9). The third-order valence-electron chi connectivity index (χ3n) is 1.06. The first-order valence-corrected chi connectivity index (χ1v) is 3.09. The fraction of sp³-hybridized carbons (Fsp3) is 0.750. The molecule has 1 atom stereocenters. The second-order valence-corrected chi connectivity index (χ2v) is 1.97. The van der Waals surface area contributed by atoms with Crippen LogP contribution in [0.1, 0.15) is 0 Å². The third-order valence-corrected chi connectivity index (χ3v) is 1.06. The van der Waals surface area contributed by atoms with Gasteiger partial charge in [0.2, 0.25) is 5.95 Å². The molecular weight excluding hydrogens is 150 g/mol. The summed E-state index contributed by atoms with van der Waals surface area (Å²) in [4.78, 5) is 0. The topological polar surface area (TPSA) is 107 Å². The highest BCUT2D eigenvalue weighted by atomic mass is 16.3. The van der Waals surface area contributed by atoms with E-state index < -0.39 is 6.10 Å². The van der Waals surface area contributed by atoms with E-state index in [4.69, 9.17) is 10.2 Å². The Balaban J connectivity index is 2.23. The van der Waals surface area contributed by atoms with Crippen molar-refractivity contribution in [1.82, 2.24) is 20.6 Å². The van der Waals surface area contributed by atoms with Crippen molar-refractivity contribution in [2.24, 2.45) is 0 Å². The van der Waals surface area contributed by atoms with E-state index in [1.807, 2.05) is 0 Å². The van der Waals surface area contributed by atoms with Gasteiger partial charge in [-0.3, -0.25) is 0 Å². The summed E-state index contributed by atoms with van der Waals surface area (Å²) >= 11 is 0. The Morgan fingerprint density at radius 1 is 1.64 bits per heavy atom. The van der Waals surface area contributed by atoms with Gasteiger partial charge in [-0.1, -0.05) is 5.10 Å². The normalized spacial score (nSPS) is 12.9. The van der Waals surface area contributed by atoms with E-state index >= 15 is 0 Å². The number of anilines is 1. The van der Waals surface area contributed by atoms with Crippen LogP contribution >= 0.6 is 0 Å². The van der Waals surface area contributed by atoms with Gasteiger partial charge in [0, 0.05) is 6.54 Å². The highest BCUT2D eigenvalue weighted by Crippen LogP contribution is 1.90. The molecule has 0 fully saturated rings. The molecule has 7 heteroatoms. The number of aromatic amines is 1. The van der Waals surface area contributed by atoms with Crippen LogP contribution in [0.4, 0.5) is 5.95 Å². The Hall–Kier alpha value is -1.21. The van der Waals surface area contributed by atoms with E-state index in [2.05, 4.69) is 25.9 Å². The maximum Gasteiger partial charge on any atom is 0.240 e. The van der Waals surface area contributed by atoms with Crippen LogP contribution in [0.3, 0.4) is 0 Å². The van der Waals surface area contributed by atoms with Gasteiger partial charge in [0.05, 0.1) is 12.7 Å². The number of hydrogen-bond acceptors (Lipinski definition) is 6. The van der Waals surface area contributed by atoms with E-state index in [0.717, 1.165) is 0 Å². The molecule has 4 N–H and O–H groups in total. The zero-order chi connectivity index (χ0) is 8.10. The lowest BCUT2D eigenvalue weighted by Crippen LogP contribution is -2.23. The first-order valence-electron chi connectivity index (χ1n) is 3.09. The van der Waals surface area contributed by atoms with Crippen LogP contribution in [0, 0.1) is 0 Å². The van der Waals surface area contributed by atoms with Gasteiger partial charge in [-0.25, -0.2) is 5.10 Å². The molecule has 0 radical (unpaired) electrons. The first-order chi connectivity index (χ1) is 5.33. The summed E-state index contributed by atoms with van der Waals surface area (Å²) in [5.74, 6) is 0.373. The number of nitrogens with one attached hydrogen (secondary N) is 2. The average molecular weight is 159 g/mol. The molecule has 0 saturated carbocycles. The minimum atomic E-state index is -0.792. The Morgan fingerprint density at radius 2 is 2.45 bits per heavy atom. The Labute approximate surface area is 62.4 Å². The molecule has 11 heavy (non-hydrogen) atoms. The number of aliphatic hydroxyl groups excluding tert-OH is 2. The van der Waals surface area contributed by atoms with Gasteiger partial charge in [-0.2, -0.15) is 0 Å². The summed E-state index contributed by atoms with van der Waals surface area (Å²) in [7, 11) is 0. The largest absolute Gasteiger partial charge is 0.394 e. The maximum absolute atomic E-state index is 8.86. The molecule has 0 saturated heterocycles. The third kappa shape index (κ3) is 2.48. The van der Waals surface area contributed by atoms with Crippen LogP contribution in [0.5, 0.6) is 0 Å². The van der Waals surface area contributed by atoms with Crippen molar-refractivity contribution in [2.75, 3.05) is 18.5 Å². The Bertz CT molecular complexity index is 188. The molecule has 1 aromatic heterocycles. The van der Waals surface area contributed by atoms with Gasteiger partial charge >= 0.3 is 0 Å². The van der Waals surface area contributed by atoms with Gasteiger partial charge < -0.3 is 15.5 Å². The first kappa shape index (κ1) is 7.89. The van der Waals surface area contributed by atoms with Crippen molar-refractivity contribution < 1.29 is 10.2 Å². The number of tetrazole rings is 1. The van der Waals surface area contributed by atoms with Crippen molar-refractivity contribution in [3.8, 4) is 0 Å². The molecule has 0 aliphatic heterocycles. The summed E-state index contributed by atoms with van der Waals surface area (Å²) in [5.41, 5.74) is 0. The molecule has 0 bridgehead atoms. The molecule has 1 aromatic rings. The van der Waals surface area contributed by atoms with E-state index in [9.17, 15) is 0 Å². The number of H-pyrrole nitrogens is 1. The zero-order valence-corrected chi connectivity index (χ0v) is 5.73. The minimum Gasteiger partial charge on any atom is -0.394 e. The van der Waals surface area contributed by atoms with Crippen LogP contribution in [-0.2, 0) is 0 Å². The molecule has 0 aromatic carbocycles. The van der Waals surface area contributed by atoms with Gasteiger partial charge in [0.15, 0.2) is 0 Å². The number of aromatic nitrogens is 4. The number of aliphatic hydroxyl groups is 2. The fourth-order valence-electron chi connectivity index (χ4n) is 0.513. The monoisotopic (exact) mass is 159 g/mol. The SMILES string of the molecule is OCC(O)CNc1nnn[nH]1. The van der Waals surface area contributed by atoms with E-state index in [-0.39, 0.29) is 13.2 Å². The molecule has 0 aliphatic rings. The summed E-state index contributed by atoms with van der Waals surface area (Å²) < 4.78 is 0. The zero-order valence-electron chi connectivity index (χ0n) is 5.73. The average Bonchev–Trinajstić information content (AvgIpc) is 2.52. The number of hydrogen-bond donors (Lipinski definition) is 4. The predicted octanol–water partition coefficient (Wildman–Crippen LogP) is -2.04. The lowest BCUT2D eigenvalue weighted by molar-refractivity contribution is 0.105. The van der Waals surface area contributed by atoms with Crippen molar-refractivity contribution >= 4 is 5.95 Å². The minimum absolute atomic E-state index is 0.216. The second kappa shape index (κ2) is 3.84. The van der Waals surface area contributed by atoms with E-state index in [1.165, 1.54) is 0 Å². The number of rotatable bonds is 4. The predicted molar refractivity (Wildman–Crippen MR) is 35.8 cm³/mol. The van der Waals surface area contributed by atoms with Crippen LogP contribution in [0.2, 0.25) is 0 Å². The molecule has 0 spiro atoms. The fourth-order valence-corrected chi connectivity index (χ4v) is 0.513. The van der Waals surface area contributed by atoms with E-state index in [0.29, 0.717) is 5.95 Å². The van der Waals surface area contributed by atoms with Crippen molar-refractivity contribution in [1.29, 1.82) is 0 Å².